The first-order chi connectivity index (χ1) is 12.0. The van der Waals surface area contributed by atoms with E-state index in [1.165, 1.54) is 27.8 Å². The lowest BCUT2D eigenvalue weighted by Gasteiger charge is -2.25. The first-order valence-corrected chi connectivity index (χ1v) is 12.6. The van der Waals surface area contributed by atoms with Crippen LogP contribution in [0.3, 0.4) is 0 Å². The van der Waals surface area contributed by atoms with Gasteiger partial charge in [-0.05, 0) is 48.3 Å². The maximum absolute atomic E-state index is 6.15. The Hall–Kier alpha value is -1.90. The average Bonchev–Trinajstić information content (AvgIpc) is 3.14. The fourth-order valence-electron chi connectivity index (χ4n) is 4.11. The normalized spacial score (nSPS) is 21.2. The monoisotopic (exact) mass is 346 g/mol. The Morgan fingerprint density at radius 1 is 0.880 bits per heavy atom. The second-order valence-corrected chi connectivity index (χ2v) is 12.6. The minimum atomic E-state index is -1.46. The summed E-state index contributed by atoms with van der Waals surface area (Å²) in [5.74, 6) is 0.888. The highest BCUT2D eigenvalue weighted by Gasteiger charge is 2.34. The Morgan fingerprint density at radius 2 is 1.56 bits per heavy atom. The molecule has 2 unspecified atom stereocenters. The first kappa shape index (κ1) is 16.6. The summed E-state index contributed by atoms with van der Waals surface area (Å²) in [4.78, 5) is 0. The molecule has 0 fully saturated rings. The Balaban J connectivity index is 1.64. The van der Waals surface area contributed by atoms with Gasteiger partial charge in [0.15, 0.2) is 8.32 Å². The lowest BCUT2D eigenvalue weighted by Crippen LogP contribution is -2.26. The van der Waals surface area contributed by atoms with Crippen LogP contribution in [0.5, 0.6) is 0 Å². The minimum absolute atomic E-state index is 0.443. The fourth-order valence-corrected chi connectivity index (χ4v) is 4.82. The zero-order valence-corrected chi connectivity index (χ0v) is 16.3. The van der Waals surface area contributed by atoms with Crippen molar-refractivity contribution in [2.24, 2.45) is 0 Å². The fraction of sp³-hybridized carbons (Fsp3) is 0.304. The van der Waals surface area contributed by atoms with Crippen LogP contribution in [0.4, 0.5) is 0 Å². The molecule has 2 aromatic rings. The molecular weight excluding hydrogens is 320 g/mol. The van der Waals surface area contributed by atoms with E-state index in [0.29, 0.717) is 11.8 Å². The molecule has 0 N–H and O–H groups in total. The SMILES string of the molecule is C[Si](C)(C)OCCC1=Cc2ccccc2C1C1C=Cc2ccccc21. The molecule has 0 aliphatic heterocycles. The highest BCUT2D eigenvalue weighted by atomic mass is 28.4. The third-order valence-electron chi connectivity index (χ3n) is 5.19. The highest BCUT2D eigenvalue weighted by Crippen LogP contribution is 2.49. The number of fused-ring (bicyclic) bond motifs is 2. The highest BCUT2D eigenvalue weighted by molar-refractivity contribution is 6.69. The zero-order valence-electron chi connectivity index (χ0n) is 15.3. The van der Waals surface area contributed by atoms with E-state index in [1.54, 1.807) is 0 Å². The van der Waals surface area contributed by atoms with E-state index in [9.17, 15) is 0 Å². The van der Waals surface area contributed by atoms with E-state index < -0.39 is 8.32 Å². The lowest BCUT2D eigenvalue weighted by atomic mass is 9.80. The second kappa shape index (κ2) is 6.43. The lowest BCUT2D eigenvalue weighted by molar-refractivity contribution is 0.313. The summed E-state index contributed by atoms with van der Waals surface area (Å²) in [5, 5.41) is 0. The second-order valence-electron chi connectivity index (χ2n) is 8.05. The summed E-state index contributed by atoms with van der Waals surface area (Å²) in [6, 6.07) is 17.7. The molecule has 0 bridgehead atoms. The van der Waals surface area contributed by atoms with Gasteiger partial charge in [0, 0.05) is 18.4 Å². The molecule has 2 aliphatic rings. The van der Waals surface area contributed by atoms with Crippen molar-refractivity contribution in [1.82, 2.24) is 0 Å². The van der Waals surface area contributed by atoms with Gasteiger partial charge < -0.3 is 4.43 Å². The molecule has 0 heterocycles. The van der Waals surface area contributed by atoms with Gasteiger partial charge in [0.1, 0.15) is 0 Å². The van der Waals surface area contributed by atoms with Crippen molar-refractivity contribution in [2.45, 2.75) is 37.9 Å². The van der Waals surface area contributed by atoms with Crippen molar-refractivity contribution < 1.29 is 4.43 Å². The van der Waals surface area contributed by atoms with Gasteiger partial charge in [0.2, 0.25) is 0 Å². The molecule has 0 radical (unpaired) electrons. The molecule has 0 saturated heterocycles. The molecule has 0 saturated carbocycles. The zero-order chi connectivity index (χ0) is 17.4. The Morgan fingerprint density at radius 3 is 2.32 bits per heavy atom. The molecule has 0 aromatic heterocycles. The quantitative estimate of drug-likeness (QED) is 0.584. The molecule has 1 nitrogen and oxygen atoms in total. The van der Waals surface area contributed by atoms with Gasteiger partial charge in [-0.25, -0.2) is 0 Å². The number of allylic oxidation sites excluding steroid dienone is 1. The van der Waals surface area contributed by atoms with Crippen LogP contribution >= 0.6 is 0 Å². The Bertz CT molecular complexity index is 841. The van der Waals surface area contributed by atoms with E-state index in [2.05, 4.69) is 86.4 Å². The molecule has 2 aliphatic carbocycles. The van der Waals surface area contributed by atoms with Crippen LogP contribution in [0, 0.1) is 0 Å². The standard InChI is InChI=1S/C23H26OSi/c1-25(2,3)24-15-14-19-16-18-9-5-7-11-21(18)23(19)22-13-12-17-8-4-6-10-20(17)22/h4-13,16,22-23H,14-15H2,1-3H3. The summed E-state index contributed by atoms with van der Waals surface area (Å²) in [5.41, 5.74) is 7.20. The summed E-state index contributed by atoms with van der Waals surface area (Å²) in [6.07, 6.45) is 8.11. The van der Waals surface area contributed by atoms with E-state index in [-0.39, 0.29) is 0 Å². The Kier molecular flexibility index (Phi) is 4.26. The van der Waals surface area contributed by atoms with Gasteiger partial charge in [0.05, 0.1) is 0 Å². The van der Waals surface area contributed by atoms with Gasteiger partial charge in [-0.2, -0.15) is 0 Å². The van der Waals surface area contributed by atoms with Crippen molar-refractivity contribution in [1.29, 1.82) is 0 Å². The van der Waals surface area contributed by atoms with Gasteiger partial charge in [0.25, 0.3) is 0 Å². The van der Waals surface area contributed by atoms with Gasteiger partial charge in [-0.1, -0.05) is 72.3 Å². The molecule has 4 rings (SSSR count). The van der Waals surface area contributed by atoms with Gasteiger partial charge in [-0.15, -0.1) is 0 Å². The van der Waals surface area contributed by atoms with E-state index in [0.717, 1.165) is 13.0 Å². The van der Waals surface area contributed by atoms with Crippen molar-refractivity contribution in [2.75, 3.05) is 6.61 Å². The largest absolute Gasteiger partial charge is 0.417 e. The van der Waals surface area contributed by atoms with E-state index in [4.69, 9.17) is 4.43 Å². The van der Waals surface area contributed by atoms with Crippen molar-refractivity contribution >= 4 is 20.5 Å². The molecule has 0 spiro atoms. The summed E-state index contributed by atoms with van der Waals surface area (Å²) < 4.78 is 6.15. The van der Waals surface area contributed by atoms with Crippen LogP contribution in [0.1, 0.15) is 40.5 Å². The molecule has 2 atom stereocenters. The van der Waals surface area contributed by atoms with Crippen molar-refractivity contribution in [3.8, 4) is 0 Å². The molecule has 0 amide bonds. The Labute approximate surface area is 152 Å². The van der Waals surface area contributed by atoms with Gasteiger partial charge in [-0.3, -0.25) is 0 Å². The summed E-state index contributed by atoms with van der Waals surface area (Å²) >= 11 is 0. The summed E-state index contributed by atoms with van der Waals surface area (Å²) in [7, 11) is -1.46. The number of benzene rings is 2. The average molecular weight is 347 g/mol. The minimum Gasteiger partial charge on any atom is -0.417 e. The van der Waals surface area contributed by atoms with E-state index in [1.807, 2.05) is 0 Å². The maximum atomic E-state index is 6.15. The summed E-state index contributed by atoms with van der Waals surface area (Å²) in [6.45, 7) is 7.62. The maximum Gasteiger partial charge on any atom is 0.183 e. The van der Waals surface area contributed by atoms with Crippen LogP contribution in [0.15, 0.2) is 60.2 Å². The predicted octanol–water partition coefficient (Wildman–Crippen LogP) is 6.22. The molecular formula is C23H26OSi. The van der Waals surface area contributed by atoms with Crippen LogP contribution in [0.25, 0.3) is 12.2 Å². The number of hydrogen-bond donors (Lipinski definition) is 0. The van der Waals surface area contributed by atoms with E-state index >= 15 is 0 Å². The molecule has 2 heteroatoms. The van der Waals surface area contributed by atoms with Crippen LogP contribution in [0.2, 0.25) is 19.6 Å². The molecule has 128 valence electrons. The van der Waals surface area contributed by atoms with Crippen LogP contribution in [-0.2, 0) is 4.43 Å². The third-order valence-corrected chi connectivity index (χ3v) is 6.26. The number of rotatable bonds is 5. The van der Waals surface area contributed by atoms with Gasteiger partial charge >= 0.3 is 0 Å². The predicted molar refractivity (Wildman–Crippen MR) is 109 cm³/mol. The molecule has 25 heavy (non-hydrogen) atoms. The van der Waals surface area contributed by atoms with Crippen molar-refractivity contribution in [3.63, 3.8) is 0 Å². The topological polar surface area (TPSA) is 9.23 Å². The first-order valence-electron chi connectivity index (χ1n) is 9.23. The molecule has 2 aromatic carbocycles. The number of hydrogen-bond acceptors (Lipinski definition) is 1. The van der Waals surface area contributed by atoms with Crippen molar-refractivity contribution in [3.05, 3.63) is 82.4 Å². The smallest absolute Gasteiger partial charge is 0.183 e. The van der Waals surface area contributed by atoms with Crippen LogP contribution in [-0.4, -0.2) is 14.9 Å². The third kappa shape index (κ3) is 3.29. The van der Waals surface area contributed by atoms with Crippen LogP contribution < -0.4 is 0 Å².